The molecule has 0 aliphatic carbocycles. The molecule has 0 saturated heterocycles. The Morgan fingerprint density at radius 1 is 0.411 bits per heavy atom. The molecule has 4 heteroatoms. The molecule has 0 radical (unpaired) electrons. The van der Waals surface area contributed by atoms with Gasteiger partial charge in [-0.25, -0.2) is 9.97 Å². The van der Waals surface area contributed by atoms with Crippen LogP contribution in [0, 0.1) is 0 Å². The fourth-order valence-corrected chi connectivity index (χ4v) is 8.23. The number of fused-ring (bicyclic) bond motifs is 7. The highest BCUT2D eigenvalue weighted by molar-refractivity contribution is 6.21. The Labute approximate surface area is 323 Å². The van der Waals surface area contributed by atoms with Gasteiger partial charge in [0.15, 0.2) is 5.82 Å². The molecule has 0 atom stereocenters. The van der Waals surface area contributed by atoms with Gasteiger partial charge in [-0.3, -0.25) is 0 Å². The highest BCUT2D eigenvalue weighted by Gasteiger charge is 2.22. The summed E-state index contributed by atoms with van der Waals surface area (Å²) in [6, 6.07) is 70.3. The molecule has 56 heavy (non-hydrogen) atoms. The lowest BCUT2D eigenvalue weighted by molar-refractivity contribution is 0.670. The zero-order valence-electron chi connectivity index (χ0n) is 30.3. The number of anilines is 3. The minimum absolute atomic E-state index is 0.621. The molecular weight excluding hydrogens is 683 g/mol. The van der Waals surface area contributed by atoms with Crippen molar-refractivity contribution < 1.29 is 4.42 Å². The Morgan fingerprint density at radius 3 is 1.89 bits per heavy atom. The van der Waals surface area contributed by atoms with Crippen molar-refractivity contribution in [2.75, 3.05) is 4.90 Å². The molecule has 0 aliphatic rings. The van der Waals surface area contributed by atoms with Crippen LogP contribution in [-0.4, -0.2) is 9.97 Å². The largest absolute Gasteiger partial charge is 0.455 e. The number of benzene rings is 9. The van der Waals surface area contributed by atoms with E-state index in [-0.39, 0.29) is 0 Å². The van der Waals surface area contributed by atoms with Gasteiger partial charge in [-0.2, -0.15) is 0 Å². The number of furan rings is 1. The second-order valence-electron chi connectivity index (χ2n) is 14.2. The first kappa shape index (κ1) is 31.9. The molecule has 0 N–H and O–H groups in total. The maximum atomic E-state index is 6.82. The van der Waals surface area contributed by atoms with E-state index in [1.807, 2.05) is 18.2 Å². The molecule has 0 spiro atoms. The fourth-order valence-electron chi connectivity index (χ4n) is 8.23. The summed E-state index contributed by atoms with van der Waals surface area (Å²) in [5, 5.41) is 7.82. The van der Waals surface area contributed by atoms with Gasteiger partial charge >= 0.3 is 0 Å². The lowest BCUT2D eigenvalue weighted by Gasteiger charge is -2.27. The van der Waals surface area contributed by atoms with E-state index in [0.717, 1.165) is 83.2 Å². The highest BCUT2D eigenvalue weighted by Crippen LogP contribution is 2.44. The minimum atomic E-state index is 0.621. The van der Waals surface area contributed by atoms with E-state index in [0.29, 0.717) is 5.82 Å². The molecule has 0 saturated carbocycles. The summed E-state index contributed by atoms with van der Waals surface area (Å²) in [5.41, 5.74) is 10.7. The van der Waals surface area contributed by atoms with Crippen LogP contribution < -0.4 is 4.90 Å². The number of rotatable bonds is 6. The summed E-state index contributed by atoms with van der Waals surface area (Å²) < 4.78 is 6.82. The predicted octanol–water partition coefficient (Wildman–Crippen LogP) is 14.3. The van der Waals surface area contributed by atoms with Crippen molar-refractivity contribution in [3.63, 3.8) is 0 Å². The SMILES string of the molecule is c1ccc(-c2nc(-c3cc(-c4cccc(N(c5ccccc5)c5cccc6ccccc56)c4)cc4c3oc3ccc5ccccc5c34)nc3ccccc23)cc1. The first-order valence-electron chi connectivity index (χ1n) is 18.9. The van der Waals surface area contributed by atoms with Crippen LogP contribution in [0.2, 0.25) is 0 Å². The topological polar surface area (TPSA) is 42.2 Å². The zero-order chi connectivity index (χ0) is 37.0. The summed E-state index contributed by atoms with van der Waals surface area (Å²) in [7, 11) is 0. The Bertz CT molecular complexity index is 3260. The average Bonchev–Trinajstić information content (AvgIpc) is 3.66. The Balaban J connectivity index is 1.18. The van der Waals surface area contributed by atoms with Crippen LogP contribution in [0.1, 0.15) is 0 Å². The van der Waals surface area contributed by atoms with Gasteiger partial charge in [-0.05, 0) is 81.9 Å². The molecular formula is C52H33N3O. The van der Waals surface area contributed by atoms with E-state index >= 15 is 0 Å². The molecule has 0 unspecified atom stereocenters. The lowest BCUT2D eigenvalue weighted by atomic mass is 9.96. The second-order valence-corrected chi connectivity index (χ2v) is 14.2. The van der Waals surface area contributed by atoms with E-state index < -0.39 is 0 Å². The molecule has 0 amide bonds. The van der Waals surface area contributed by atoms with Gasteiger partial charge in [0.2, 0.25) is 0 Å². The Kier molecular flexibility index (Phi) is 7.46. The van der Waals surface area contributed by atoms with Crippen molar-refractivity contribution in [3.05, 3.63) is 200 Å². The quantitative estimate of drug-likeness (QED) is 0.172. The molecule has 9 aromatic carbocycles. The van der Waals surface area contributed by atoms with Gasteiger partial charge in [0.05, 0.1) is 22.5 Å². The number of hydrogen-bond donors (Lipinski definition) is 0. The number of aromatic nitrogens is 2. The molecule has 4 nitrogen and oxygen atoms in total. The summed E-state index contributed by atoms with van der Waals surface area (Å²) in [6.45, 7) is 0. The summed E-state index contributed by atoms with van der Waals surface area (Å²) >= 11 is 0. The van der Waals surface area contributed by atoms with Crippen molar-refractivity contribution in [1.82, 2.24) is 9.97 Å². The van der Waals surface area contributed by atoms with Crippen molar-refractivity contribution in [1.29, 1.82) is 0 Å². The van der Waals surface area contributed by atoms with Crippen molar-refractivity contribution >= 4 is 71.4 Å². The smallest absolute Gasteiger partial charge is 0.164 e. The van der Waals surface area contributed by atoms with Crippen molar-refractivity contribution in [3.8, 4) is 33.8 Å². The maximum Gasteiger partial charge on any atom is 0.164 e. The number of para-hydroxylation sites is 2. The first-order chi connectivity index (χ1) is 27.8. The van der Waals surface area contributed by atoms with Crippen LogP contribution in [0.4, 0.5) is 17.1 Å². The van der Waals surface area contributed by atoms with E-state index in [1.165, 1.54) is 16.2 Å². The van der Waals surface area contributed by atoms with Crippen LogP contribution in [0.25, 0.3) is 88.2 Å². The monoisotopic (exact) mass is 715 g/mol. The Hall–Kier alpha value is -7.56. The van der Waals surface area contributed by atoms with Gasteiger partial charge in [0, 0.05) is 38.5 Å². The average molecular weight is 716 g/mol. The van der Waals surface area contributed by atoms with Crippen LogP contribution in [0.3, 0.4) is 0 Å². The van der Waals surface area contributed by atoms with Crippen molar-refractivity contribution in [2.45, 2.75) is 0 Å². The third-order valence-electron chi connectivity index (χ3n) is 10.8. The minimum Gasteiger partial charge on any atom is -0.455 e. The van der Waals surface area contributed by atoms with Gasteiger partial charge in [0.25, 0.3) is 0 Å². The molecule has 11 rings (SSSR count). The Morgan fingerprint density at radius 2 is 1.05 bits per heavy atom. The predicted molar refractivity (Wildman–Crippen MR) is 233 cm³/mol. The number of nitrogens with zero attached hydrogens (tertiary/aromatic N) is 3. The van der Waals surface area contributed by atoms with Crippen LogP contribution in [0.15, 0.2) is 205 Å². The molecule has 0 fully saturated rings. The van der Waals surface area contributed by atoms with Gasteiger partial charge in [-0.15, -0.1) is 0 Å². The van der Waals surface area contributed by atoms with E-state index in [2.05, 4.69) is 187 Å². The van der Waals surface area contributed by atoms with E-state index in [9.17, 15) is 0 Å². The number of hydrogen-bond acceptors (Lipinski definition) is 4. The van der Waals surface area contributed by atoms with E-state index in [1.54, 1.807) is 0 Å². The molecule has 0 aliphatic heterocycles. The standard InChI is InChI=1S/C52H33N3O/c1-3-17-36(18-4-1)50-43-26-11-12-27-46(43)53-52(54-50)45-33-38(32-44-49-42-25-10-8-16-35(42)29-30-48(49)56-51(44)45)37-20-13-23-40(31-37)55(39-21-5-2-6-22-39)47-28-14-19-34-15-7-9-24-41(34)47/h1-33H. The third kappa shape index (κ3) is 5.31. The lowest BCUT2D eigenvalue weighted by Crippen LogP contribution is -2.10. The van der Waals surface area contributed by atoms with Gasteiger partial charge in [-0.1, -0.05) is 146 Å². The van der Waals surface area contributed by atoms with Crippen LogP contribution in [0.5, 0.6) is 0 Å². The molecule has 2 aromatic heterocycles. The normalized spacial score (nSPS) is 11.6. The third-order valence-corrected chi connectivity index (χ3v) is 10.8. The zero-order valence-corrected chi connectivity index (χ0v) is 30.3. The first-order valence-corrected chi connectivity index (χ1v) is 18.9. The van der Waals surface area contributed by atoms with Gasteiger partial charge < -0.3 is 9.32 Å². The van der Waals surface area contributed by atoms with E-state index in [4.69, 9.17) is 14.4 Å². The molecule has 11 aromatic rings. The molecule has 262 valence electrons. The fraction of sp³-hybridized carbons (Fsp3) is 0. The van der Waals surface area contributed by atoms with Crippen LogP contribution >= 0.6 is 0 Å². The summed E-state index contributed by atoms with van der Waals surface area (Å²) in [4.78, 5) is 12.9. The second kappa shape index (κ2) is 13.1. The highest BCUT2D eigenvalue weighted by atomic mass is 16.3. The van der Waals surface area contributed by atoms with Gasteiger partial charge in [0.1, 0.15) is 11.2 Å². The van der Waals surface area contributed by atoms with Crippen molar-refractivity contribution in [2.24, 2.45) is 0 Å². The molecule has 2 heterocycles. The maximum absolute atomic E-state index is 6.82. The molecule has 0 bridgehead atoms. The summed E-state index contributed by atoms with van der Waals surface area (Å²) in [6.07, 6.45) is 0. The van der Waals surface area contributed by atoms with Crippen LogP contribution in [-0.2, 0) is 0 Å². The summed E-state index contributed by atoms with van der Waals surface area (Å²) in [5.74, 6) is 0.621.